The molecule has 1 saturated carbocycles. The first kappa shape index (κ1) is 11.8. The molecule has 1 heterocycles. The van der Waals surface area contributed by atoms with Crippen molar-refractivity contribution in [3.8, 4) is 11.1 Å². The van der Waals surface area contributed by atoms with Gasteiger partial charge in [0, 0.05) is 10.4 Å². The van der Waals surface area contributed by atoms with Crippen molar-refractivity contribution >= 4 is 21.8 Å². The summed E-state index contributed by atoms with van der Waals surface area (Å²) in [5, 5.41) is 4.18. The van der Waals surface area contributed by atoms with Crippen LogP contribution in [0.25, 0.3) is 11.1 Å². The minimum atomic E-state index is 0.430. The number of halogens is 1. The molecular weight excluding hydrogens is 292 g/mol. The first-order valence-corrected chi connectivity index (χ1v) is 7.06. The van der Waals surface area contributed by atoms with E-state index < -0.39 is 0 Å². The van der Waals surface area contributed by atoms with Gasteiger partial charge >= 0.3 is 0 Å². The van der Waals surface area contributed by atoms with Gasteiger partial charge in [0.05, 0.1) is 11.3 Å². The third-order valence-corrected chi connectivity index (χ3v) is 4.15. The van der Waals surface area contributed by atoms with Crippen molar-refractivity contribution < 1.29 is 4.52 Å². The number of nitrogen functional groups attached to an aromatic ring is 1. The topological polar surface area (TPSA) is 52.0 Å². The fourth-order valence-electron chi connectivity index (χ4n) is 2.70. The highest BCUT2D eigenvalue weighted by molar-refractivity contribution is 9.10. The molecule has 0 bridgehead atoms. The quantitative estimate of drug-likeness (QED) is 0.897. The van der Waals surface area contributed by atoms with E-state index in [0.29, 0.717) is 11.8 Å². The molecule has 1 aromatic heterocycles. The summed E-state index contributed by atoms with van der Waals surface area (Å²) in [4.78, 5) is 0. The van der Waals surface area contributed by atoms with Crippen LogP contribution in [0.2, 0.25) is 0 Å². The van der Waals surface area contributed by atoms with Gasteiger partial charge < -0.3 is 10.3 Å². The van der Waals surface area contributed by atoms with Crippen molar-refractivity contribution in [1.82, 2.24) is 5.16 Å². The Morgan fingerprint density at radius 3 is 2.50 bits per heavy atom. The van der Waals surface area contributed by atoms with Gasteiger partial charge in [-0.2, -0.15) is 0 Å². The average molecular weight is 307 g/mol. The van der Waals surface area contributed by atoms with Gasteiger partial charge in [-0.3, -0.25) is 0 Å². The number of nitrogens with two attached hydrogens (primary N) is 1. The molecule has 0 atom stereocenters. The molecule has 0 amide bonds. The molecule has 0 saturated heterocycles. The van der Waals surface area contributed by atoms with Gasteiger partial charge in [0.2, 0.25) is 5.88 Å². The summed E-state index contributed by atoms with van der Waals surface area (Å²) in [7, 11) is 0. The van der Waals surface area contributed by atoms with Crippen LogP contribution in [0.4, 0.5) is 5.88 Å². The minimum Gasteiger partial charge on any atom is -0.367 e. The zero-order valence-corrected chi connectivity index (χ0v) is 11.6. The van der Waals surface area contributed by atoms with Crippen molar-refractivity contribution in [1.29, 1.82) is 0 Å². The predicted molar refractivity (Wildman–Crippen MR) is 75.3 cm³/mol. The lowest BCUT2D eigenvalue weighted by atomic mass is 9.96. The number of hydrogen-bond acceptors (Lipinski definition) is 3. The smallest absolute Gasteiger partial charge is 0.230 e. The molecule has 94 valence electrons. The zero-order valence-electron chi connectivity index (χ0n) is 10.0. The molecule has 0 aliphatic heterocycles. The largest absolute Gasteiger partial charge is 0.367 e. The Bertz CT molecular complexity index is 541. The lowest BCUT2D eigenvalue weighted by Crippen LogP contribution is -1.96. The molecule has 0 spiro atoms. The van der Waals surface area contributed by atoms with Gasteiger partial charge in [0.15, 0.2) is 0 Å². The van der Waals surface area contributed by atoms with Crippen LogP contribution < -0.4 is 5.73 Å². The summed E-state index contributed by atoms with van der Waals surface area (Å²) in [6.45, 7) is 0. The number of nitrogens with zero attached hydrogens (tertiary/aromatic N) is 1. The lowest BCUT2D eigenvalue weighted by molar-refractivity contribution is 0.420. The van der Waals surface area contributed by atoms with E-state index in [-0.39, 0.29) is 0 Å². The van der Waals surface area contributed by atoms with E-state index >= 15 is 0 Å². The fraction of sp³-hybridized carbons (Fsp3) is 0.357. The molecule has 2 aromatic rings. The van der Waals surface area contributed by atoms with E-state index in [0.717, 1.165) is 21.3 Å². The van der Waals surface area contributed by atoms with Gasteiger partial charge in [-0.1, -0.05) is 46.1 Å². The first-order chi connectivity index (χ1) is 8.75. The third kappa shape index (κ3) is 2.05. The Morgan fingerprint density at radius 1 is 1.17 bits per heavy atom. The molecule has 0 radical (unpaired) electrons. The van der Waals surface area contributed by atoms with Crippen molar-refractivity contribution in [3.05, 3.63) is 34.4 Å². The van der Waals surface area contributed by atoms with Crippen LogP contribution in [-0.4, -0.2) is 5.16 Å². The molecule has 2 N–H and O–H groups in total. The number of rotatable bonds is 2. The second-order valence-electron chi connectivity index (χ2n) is 4.80. The zero-order chi connectivity index (χ0) is 12.5. The van der Waals surface area contributed by atoms with Gasteiger partial charge in [0.25, 0.3) is 0 Å². The summed E-state index contributed by atoms with van der Waals surface area (Å²) < 4.78 is 6.27. The van der Waals surface area contributed by atoms with Crippen LogP contribution in [0.15, 0.2) is 33.3 Å². The normalized spacial score (nSPS) is 16.3. The van der Waals surface area contributed by atoms with Crippen molar-refractivity contribution in [2.75, 3.05) is 5.73 Å². The molecule has 1 aliphatic carbocycles. The molecule has 18 heavy (non-hydrogen) atoms. The van der Waals surface area contributed by atoms with E-state index in [1.54, 1.807) is 0 Å². The van der Waals surface area contributed by atoms with Gasteiger partial charge in [-0.05, 0) is 30.5 Å². The molecule has 4 heteroatoms. The number of hydrogen-bond donors (Lipinski definition) is 1. The lowest BCUT2D eigenvalue weighted by Gasteiger charge is -2.08. The summed E-state index contributed by atoms with van der Waals surface area (Å²) in [5.41, 5.74) is 9.04. The van der Waals surface area contributed by atoms with Gasteiger partial charge in [-0.25, -0.2) is 0 Å². The molecule has 3 nitrogen and oxygen atoms in total. The Labute approximate surface area is 114 Å². The van der Waals surface area contributed by atoms with Gasteiger partial charge in [-0.15, -0.1) is 0 Å². The van der Waals surface area contributed by atoms with Gasteiger partial charge in [0.1, 0.15) is 0 Å². The summed E-state index contributed by atoms with van der Waals surface area (Å²) in [5.74, 6) is 0.934. The van der Waals surface area contributed by atoms with E-state index in [4.69, 9.17) is 10.3 Å². The van der Waals surface area contributed by atoms with Crippen molar-refractivity contribution in [2.24, 2.45) is 0 Å². The Balaban J connectivity index is 2.04. The monoisotopic (exact) mass is 306 g/mol. The second kappa shape index (κ2) is 4.76. The molecule has 1 aromatic carbocycles. The highest BCUT2D eigenvalue weighted by Gasteiger charge is 2.26. The molecule has 0 unspecified atom stereocenters. The van der Waals surface area contributed by atoms with Crippen LogP contribution in [0.1, 0.15) is 37.3 Å². The number of aromatic nitrogens is 1. The third-order valence-electron chi connectivity index (χ3n) is 3.62. The van der Waals surface area contributed by atoms with Crippen LogP contribution >= 0.6 is 15.9 Å². The number of anilines is 1. The first-order valence-electron chi connectivity index (χ1n) is 6.26. The van der Waals surface area contributed by atoms with Crippen LogP contribution in [0.5, 0.6) is 0 Å². The van der Waals surface area contributed by atoms with Crippen LogP contribution in [0.3, 0.4) is 0 Å². The highest BCUT2D eigenvalue weighted by Crippen LogP contribution is 2.41. The van der Waals surface area contributed by atoms with E-state index in [9.17, 15) is 0 Å². The fourth-order valence-corrected chi connectivity index (χ4v) is 2.96. The Hall–Kier alpha value is -1.29. The van der Waals surface area contributed by atoms with Crippen molar-refractivity contribution in [3.63, 3.8) is 0 Å². The maximum atomic E-state index is 5.94. The molecular formula is C14H15BrN2O. The predicted octanol–water partition coefficient (Wildman–Crippen LogP) is 4.34. The average Bonchev–Trinajstić information content (AvgIpc) is 2.99. The second-order valence-corrected chi connectivity index (χ2v) is 5.71. The standard InChI is InChI=1S/C14H15BrN2O/c15-11-7-5-9(6-8-11)12-13(17-18-14(12)16)10-3-1-2-4-10/h5-8,10H,1-4,16H2. The summed E-state index contributed by atoms with van der Waals surface area (Å²) in [6, 6.07) is 8.12. The Kier molecular flexibility index (Phi) is 3.12. The van der Waals surface area contributed by atoms with Crippen molar-refractivity contribution in [2.45, 2.75) is 31.6 Å². The maximum Gasteiger partial charge on any atom is 0.230 e. The Morgan fingerprint density at radius 2 is 1.83 bits per heavy atom. The molecule has 1 fully saturated rings. The van der Waals surface area contributed by atoms with Crippen LogP contribution in [0, 0.1) is 0 Å². The minimum absolute atomic E-state index is 0.430. The maximum absolute atomic E-state index is 5.94. The van der Waals surface area contributed by atoms with Crippen LogP contribution in [-0.2, 0) is 0 Å². The summed E-state index contributed by atoms with van der Waals surface area (Å²) in [6.07, 6.45) is 4.93. The van der Waals surface area contributed by atoms with E-state index in [1.807, 2.05) is 24.3 Å². The van der Waals surface area contributed by atoms with E-state index in [2.05, 4.69) is 21.1 Å². The number of benzene rings is 1. The highest BCUT2D eigenvalue weighted by atomic mass is 79.9. The van der Waals surface area contributed by atoms with E-state index in [1.165, 1.54) is 25.7 Å². The summed E-state index contributed by atoms with van der Waals surface area (Å²) >= 11 is 3.44. The molecule has 1 aliphatic rings. The SMILES string of the molecule is Nc1onc(C2CCCC2)c1-c1ccc(Br)cc1. The molecule has 3 rings (SSSR count).